The Kier molecular flexibility index (Phi) is 8.03. The van der Waals surface area contributed by atoms with Gasteiger partial charge in [0.25, 0.3) is 0 Å². The van der Waals surface area contributed by atoms with E-state index < -0.39 is 24.1 Å². The Bertz CT molecular complexity index is 737. The Labute approximate surface area is 162 Å². The van der Waals surface area contributed by atoms with Crippen LogP contribution in [0.2, 0.25) is 0 Å². The van der Waals surface area contributed by atoms with Crippen molar-refractivity contribution in [3.05, 3.63) is 36.4 Å². The van der Waals surface area contributed by atoms with E-state index in [-0.39, 0.29) is 26.4 Å². The Hall–Kier alpha value is -2.84. The molecule has 2 unspecified atom stereocenters. The minimum absolute atomic E-state index is 0.0431. The minimum Gasteiger partial charge on any atom is -0.490 e. The molecular weight excluding hydrogens is 368 g/mol. The van der Waals surface area contributed by atoms with Gasteiger partial charge in [0.2, 0.25) is 0 Å². The van der Waals surface area contributed by atoms with Crippen LogP contribution in [0.25, 0.3) is 10.8 Å². The summed E-state index contributed by atoms with van der Waals surface area (Å²) in [7, 11) is 0. The lowest BCUT2D eigenvalue weighted by molar-refractivity contribution is -0.150. The molecule has 2 atom stereocenters. The van der Waals surface area contributed by atoms with Crippen molar-refractivity contribution < 1.29 is 38.7 Å². The van der Waals surface area contributed by atoms with E-state index in [1.54, 1.807) is 12.1 Å². The van der Waals surface area contributed by atoms with Crippen LogP contribution in [-0.2, 0) is 19.1 Å². The summed E-state index contributed by atoms with van der Waals surface area (Å²) in [6.45, 7) is 1.98. The van der Waals surface area contributed by atoms with Gasteiger partial charge in [-0.15, -0.1) is 0 Å². The smallest absolute Gasteiger partial charge is 0.303 e. The number of benzene rings is 2. The molecule has 8 heteroatoms. The quantitative estimate of drug-likeness (QED) is 0.585. The second-order valence-corrected chi connectivity index (χ2v) is 6.12. The lowest BCUT2D eigenvalue weighted by atomic mass is 10.1. The molecule has 0 aliphatic rings. The maximum Gasteiger partial charge on any atom is 0.303 e. The summed E-state index contributed by atoms with van der Waals surface area (Å²) in [5.74, 6) is 0.181. The third-order valence-electron chi connectivity index (χ3n) is 3.73. The van der Waals surface area contributed by atoms with Crippen LogP contribution in [0.15, 0.2) is 36.4 Å². The molecule has 8 nitrogen and oxygen atoms in total. The molecule has 152 valence electrons. The molecule has 0 spiro atoms. The molecule has 0 aliphatic carbocycles. The molecule has 2 aromatic carbocycles. The lowest BCUT2D eigenvalue weighted by Gasteiger charge is -2.16. The van der Waals surface area contributed by atoms with Gasteiger partial charge in [0.1, 0.15) is 24.7 Å². The van der Waals surface area contributed by atoms with E-state index in [1.807, 2.05) is 24.3 Å². The van der Waals surface area contributed by atoms with Crippen LogP contribution >= 0.6 is 0 Å². The summed E-state index contributed by atoms with van der Waals surface area (Å²) in [6, 6.07) is 10.8. The Morgan fingerprint density at radius 3 is 1.50 bits per heavy atom. The van der Waals surface area contributed by atoms with Gasteiger partial charge in [0.05, 0.1) is 13.2 Å². The van der Waals surface area contributed by atoms with E-state index in [1.165, 1.54) is 13.8 Å². The Morgan fingerprint density at radius 1 is 0.786 bits per heavy atom. The normalized spacial score (nSPS) is 12.9. The standard InChI is InChI=1S/C20H24O8/c1-13(23)27-19(9-21)11-25-17-5-3-16-8-18(6-4-15(16)7-17)26-12-20(10-22)28-14(2)24/h3-8,19-22H,9-12H2,1-2H3. The predicted molar refractivity (Wildman–Crippen MR) is 100 cm³/mol. The predicted octanol–water partition coefficient (Wildman–Crippen LogP) is 1.45. The van der Waals surface area contributed by atoms with Crippen molar-refractivity contribution in [1.82, 2.24) is 0 Å². The maximum atomic E-state index is 11.0. The number of fused-ring (bicyclic) bond motifs is 1. The van der Waals surface area contributed by atoms with Gasteiger partial charge in [-0.25, -0.2) is 0 Å². The third-order valence-corrected chi connectivity index (χ3v) is 3.73. The van der Waals surface area contributed by atoms with Gasteiger partial charge in [0, 0.05) is 13.8 Å². The first kappa shape index (κ1) is 21.5. The molecule has 0 radical (unpaired) electrons. The molecular formula is C20H24O8. The fourth-order valence-corrected chi connectivity index (χ4v) is 2.48. The molecule has 0 aliphatic heterocycles. The van der Waals surface area contributed by atoms with Gasteiger partial charge in [-0.1, -0.05) is 12.1 Å². The van der Waals surface area contributed by atoms with Crippen molar-refractivity contribution in [1.29, 1.82) is 0 Å². The number of hydrogen-bond donors (Lipinski definition) is 2. The molecule has 28 heavy (non-hydrogen) atoms. The van der Waals surface area contributed by atoms with Gasteiger partial charge >= 0.3 is 11.9 Å². The highest BCUT2D eigenvalue weighted by Crippen LogP contribution is 2.25. The van der Waals surface area contributed by atoms with E-state index in [0.717, 1.165) is 10.8 Å². The van der Waals surface area contributed by atoms with Gasteiger partial charge in [0.15, 0.2) is 12.2 Å². The summed E-state index contributed by atoms with van der Waals surface area (Å²) >= 11 is 0. The van der Waals surface area contributed by atoms with Crippen LogP contribution in [0.3, 0.4) is 0 Å². The molecule has 0 fully saturated rings. The van der Waals surface area contributed by atoms with E-state index in [4.69, 9.17) is 18.9 Å². The van der Waals surface area contributed by atoms with Crippen molar-refractivity contribution in [3.63, 3.8) is 0 Å². The molecule has 0 amide bonds. The van der Waals surface area contributed by atoms with Crippen molar-refractivity contribution in [2.75, 3.05) is 26.4 Å². The average molecular weight is 392 g/mol. The zero-order chi connectivity index (χ0) is 20.5. The number of ether oxygens (including phenoxy) is 4. The van der Waals surface area contributed by atoms with Crippen molar-refractivity contribution in [2.24, 2.45) is 0 Å². The maximum absolute atomic E-state index is 11.0. The highest BCUT2D eigenvalue weighted by atomic mass is 16.6. The van der Waals surface area contributed by atoms with Crippen LogP contribution in [0.5, 0.6) is 11.5 Å². The monoisotopic (exact) mass is 392 g/mol. The number of rotatable bonds is 10. The summed E-state index contributed by atoms with van der Waals surface area (Å²) in [5, 5.41) is 20.2. The number of hydrogen-bond acceptors (Lipinski definition) is 8. The Balaban J connectivity index is 1.99. The fourth-order valence-electron chi connectivity index (χ4n) is 2.48. The van der Waals surface area contributed by atoms with Crippen LogP contribution in [0.4, 0.5) is 0 Å². The summed E-state index contributed by atoms with van der Waals surface area (Å²) < 4.78 is 21.0. The number of aliphatic hydroxyl groups is 2. The zero-order valence-corrected chi connectivity index (χ0v) is 15.8. The molecule has 0 aromatic heterocycles. The van der Waals surface area contributed by atoms with E-state index in [0.29, 0.717) is 11.5 Å². The zero-order valence-electron chi connectivity index (χ0n) is 15.8. The van der Waals surface area contributed by atoms with Crippen molar-refractivity contribution in [2.45, 2.75) is 26.1 Å². The molecule has 2 N–H and O–H groups in total. The van der Waals surface area contributed by atoms with E-state index in [2.05, 4.69) is 0 Å². The van der Waals surface area contributed by atoms with E-state index >= 15 is 0 Å². The molecule has 0 bridgehead atoms. The molecule has 2 rings (SSSR count). The van der Waals surface area contributed by atoms with Crippen LogP contribution in [0, 0.1) is 0 Å². The van der Waals surface area contributed by atoms with Crippen molar-refractivity contribution >= 4 is 22.7 Å². The van der Waals surface area contributed by atoms with Crippen molar-refractivity contribution in [3.8, 4) is 11.5 Å². The van der Waals surface area contributed by atoms with Gasteiger partial charge in [-0.2, -0.15) is 0 Å². The topological polar surface area (TPSA) is 112 Å². The van der Waals surface area contributed by atoms with Crippen LogP contribution in [0.1, 0.15) is 13.8 Å². The first-order valence-electron chi connectivity index (χ1n) is 8.77. The Morgan fingerprint density at radius 2 is 1.18 bits per heavy atom. The molecule has 0 heterocycles. The first-order chi connectivity index (χ1) is 13.4. The van der Waals surface area contributed by atoms with Crippen LogP contribution < -0.4 is 9.47 Å². The summed E-state index contributed by atoms with van der Waals surface area (Å²) in [5.41, 5.74) is 0. The number of carbonyl (C=O) groups excluding carboxylic acids is 2. The lowest BCUT2D eigenvalue weighted by Crippen LogP contribution is -2.27. The second kappa shape index (κ2) is 10.5. The highest BCUT2D eigenvalue weighted by Gasteiger charge is 2.13. The molecule has 0 saturated carbocycles. The number of esters is 2. The SMILES string of the molecule is CC(=O)OC(CO)COc1ccc2cc(OCC(CO)OC(C)=O)ccc2c1. The second-order valence-electron chi connectivity index (χ2n) is 6.12. The highest BCUT2D eigenvalue weighted by molar-refractivity contribution is 5.85. The van der Waals surface area contributed by atoms with Gasteiger partial charge < -0.3 is 29.2 Å². The molecule has 2 aromatic rings. The third kappa shape index (κ3) is 6.71. The average Bonchev–Trinajstić information content (AvgIpc) is 2.67. The fraction of sp³-hybridized carbons (Fsp3) is 0.400. The number of carbonyl (C=O) groups is 2. The van der Waals surface area contributed by atoms with Crippen LogP contribution in [-0.4, -0.2) is 60.8 Å². The number of aliphatic hydroxyl groups excluding tert-OH is 2. The largest absolute Gasteiger partial charge is 0.490 e. The van der Waals surface area contributed by atoms with Gasteiger partial charge in [-0.3, -0.25) is 9.59 Å². The molecule has 0 saturated heterocycles. The summed E-state index contributed by atoms with van der Waals surface area (Å²) in [6.07, 6.45) is -1.44. The summed E-state index contributed by atoms with van der Waals surface area (Å²) in [4.78, 5) is 21.9. The van der Waals surface area contributed by atoms with E-state index in [9.17, 15) is 19.8 Å². The first-order valence-corrected chi connectivity index (χ1v) is 8.77. The minimum atomic E-state index is -0.722. The van der Waals surface area contributed by atoms with Gasteiger partial charge in [-0.05, 0) is 35.0 Å².